The monoisotopic (exact) mass is 802 g/mol. The Hall–Kier alpha value is -4.85. The molecule has 0 aromatic rings. The maximum absolute atomic E-state index is 13.9. The summed E-state index contributed by atoms with van der Waals surface area (Å²) in [6, 6.07) is -4.53. The highest BCUT2D eigenvalue weighted by Crippen LogP contribution is 2.26. The van der Waals surface area contributed by atoms with Gasteiger partial charge in [-0.05, 0) is 96.6 Å². The number of carbonyl (C=O) groups excluding carboxylic acids is 8. The van der Waals surface area contributed by atoms with Crippen LogP contribution in [0.4, 0.5) is 0 Å². The van der Waals surface area contributed by atoms with Crippen molar-refractivity contribution in [3.05, 3.63) is 0 Å². The van der Waals surface area contributed by atoms with Crippen LogP contribution >= 0.6 is 0 Å². The molecule has 57 heavy (non-hydrogen) atoms. The molecule has 0 unspecified atom stereocenters. The first-order valence-electron chi connectivity index (χ1n) is 20.4. The minimum absolute atomic E-state index is 0.0978. The van der Waals surface area contributed by atoms with Crippen LogP contribution in [0, 0.1) is 0 Å². The summed E-state index contributed by atoms with van der Waals surface area (Å²) in [5.41, 5.74) is 5.64. The zero-order valence-corrected chi connectivity index (χ0v) is 32.5. The molecule has 8 amide bonds. The lowest BCUT2D eigenvalue weighted by Gasteiger charge is -2.31. The topological polar surface area (TPSA) is 273 Å². The van der Waals surface area contributed by atoms with Gasteiger partial charge in [0.05, 0.1) is 19.1 Å². The van der Waals surface area contributed by atoms with Gasteiger partial charge in [0, 0.05) is 26.2 Å². The van der Waals surface area contributed by atoms with Crippen LogP contribution in [0.25, 0.3) is 0 Å². The number of carboxylic acid groups (broad SMARTS) is 1. The van der Waals surface area contributed by atoms with Crippen molar-refractivity contribution >= 4 is 53.2 Å². The number of nitrogens with one attached hydrogen (secondary N) is 5. The molecule has 5 fully saturated rings. The lowest BCUT2D eigenvalue weighted by molar-refractivity contribution is -0.147. The Morgan fingerprint density at radius 2 is 1.14 bits per heavy atom. The molecular formula is C37H58N10O10. The van der Waals surface area contributed by atoms with Crippen LogP contribution in [0.5, 0.6) is 0 Å². The molecule has 20 heteroatoms. The van der Waals surface area contributed by atoms with Gasteiger partial charge in [0.25, 0.3) is 0 Å². The maximum Gasteiger partial charge on any atom is 0.322 e. The molecule has 20 nitrogen and oxygen atoms in total. The fourth-order valence-electron chi connectivity index (χ4n) is 8.66. The second-order valence-corrected chi connectivity index (χ2v) is 15.4. The van der Waals surface area contributed by atoms with E-state index in [2.05, 4.69) is 26.6 Å². The molecule has 5 rings (SSSR count). The molecule has 0 aromatic heterocycles. The van der Waals surface area contributed by atoms with Crippen LogP contribution in [-0.4, -0.2) is 173 Å². The molecule has 0 spiro atoms. The van der Waals surface area contributed by atoms with Crippen molar-refractivity contribution in [2.24, 2.45) is 5.73 Å². The molecule has 316 valence electrons. The summed E-state index contributed by atoms with van der Waals surface area (Å²) in [7, 11) is 0. The first-order valence-corrected chi connectivity index (χ1v) is 20.4. The highest BCUT2D eigenvalue weighted by Gasteiger charge is 2.43. The van der Waals surface area contributed by atoms with Crippen molar-refractivity contribution in [2.75, 3.05) is 58.9 Å². The predicted octanol–water partition coefficient (Wildman–Crippen LogP) is -3.25. The molecule has 6 atom stereocenters. The van der Waals surface area contributed by atoms with Gasteiger partial charge >= 0.3 is 5.97 Å². The molecule has 0 saturated carbocycles. The Bertz CT molecular complexity index is 1540. The van der Waals surface area contributed by atoms with Gasteiger partial charge in [0.1, 0.15) is 36.8 Å². The number of aliphatic carboxylic acids is 1. The highest BCUT2D eigenvalue weighted by atomic mass is 16.4. The Labute approximate surface area is 331 Å². The average Bonchev–Trinajstić information content (AvgIpc) is 4.05. The van der Waals surface area contributed by atoms with Crippen molar-refractivity contribution in [3.63, 3.8) is 0 Å². The molecule has 8 N–H and O–H groups in total. The second-order valence-electron chi connectivity index (χ2n) is 15.4. The number of carboxylic acids is 1. The predicted molar refractivity (Wildman–Crippen MR) is 201 cm³/mol. The average molecular weight is 803 g/mol. The van der Waals surface area contributed by atoms with Gasteiger partial charge in [-0.1, -0.05) is 0 Å². The first kappa shape index (κ1) is 43.3. The molecule has 5 heterocycles. The van der Waals surface area contributed by atoms with E-state index in [1.165, 1.54) is 14.7 Å². The number of hydrogen-bond donors (Lipinski definition) is 7. The van der Waals surface area contributed by atoms with E-state index < -0.39 is 84.7 Å². The highest BCUT2D eigenvalue weighted by molar-refractivity contribution is 5.97. The summed E-state index contributed by atoms with van der Waals surface area (Å²) >= 11 is 0. The second kappa shape index (κ2) is 20.5. The van der Waals surface area contributed by atoms with Crippen LogP contribution < -0.4 is 32.3 Å². The molecule has 5 aliphatic rings. The number of rotatable bonds is 17. The minimum atomic E-state index is -1.22. The van der Waals surface area contributed by atoms with Gasteiger partial charge in [0.2, 0.25) is 47.3 Å². The van der Waals surface area contributed by atoms with E-state index in [4.69, 9.17) is 10.8 Å². The van der Waals surface area contributed by atoms with E-state index in [0.29, 0.717) is 83.8 Å². The summed E-state index contributed by atoms with van der Waals surface area (Å²) in [5.74, 6) is -4.81. The normalized spacial score (nSPS) is 25.0. The number of hydrogen-bond acceptors (Lipinski definition) is 11. The number of amides is 8. The molecule has 0 bridgehead atoms. The lowest BCUT2D eigenvalue weighted by atomic mass is 10.1. The van der Waals surface area contributed by atoms with Crippen LogP contribution in [-0.2, 0) is 43.2 Å². The van der Waals surface area contributed by atoms with Gasteiger partial charge in [-0.25, -0.2) is 0 Å². The third-order valence-electron chi connectivity index (χ3n) is 11.6. The van der Waals surface area contributed by atoms with Crippen LogP contribution in [0.3, 0.4) is 0 Å². The molecule has 5 aliphatic heterocycles. The number of nitrogens with two attached hydrogens (primary N) is 1. The Morgan fingerprint density at radius 1 is 0.614 bits per heavy atom. The maximum atomic E-state index is 13.9. The zero-order valence-electron chi connectivity index (χ0n) is 32.5. The van der Waals surface area contributed by atoms with Crippen molar-refractivity contribution in [3.8, 4) is 0 Å². The molecular weight excluding hydrogens is 744 g/mol. The summed E-state index contributed by atoms with van der Waals surface area (Å²) < 4.78 is 0. The van der Waals surface area contributed by atoms with Crippen molar-refractivity contribution in [1.29, 1.82) is 0 Å². The third-order valence-corrected chi connectivity index (χ3v) is 11.6. The summed E-state index contributed by atoms with van der Waals surface area (Å²) in [6.45, 7) is 1.08. The Kier molecular flexibility index (Phi) is 15.6. The first-order chi connectivity index (χ1) is 27.4. The molecule has 0 aromatic carbocycles. The van der Waals surface area contributed by atoms with E-state index in [1.807, 2.05) is 0 Å². The smallest absolute Gasteiger partial charge is 0.322 e. The van der Waals surface area contributed by atoms with Gasteiger partial charge in [0.15, 0.2) is 0 Å². The summed E-state index contributed by atoms with van der Waals surface area (Å²) in [4.78, 5) is 123. The van der Waals surface area contributed by atoms with Crippen LogP contribution in [0.2, 0.25) is 0 Å². The van der Waals surface area contributed by atoms with E-state index in [9.17, 15) is 43.2 Å². The minimum Gasteiger partial charge on any atom is -0.480 e. The number of unbranched alkanes of at least 4 members (excludes halogenated alkanes) is 1. The largest absolute Gasteiger partial charge is 0.480 e. The van der Waals surface area contributed by atoms with Crippen molar-refractivity contribution < 1.29 is 48.3 Å². The fourth-order valence-corrected chi connectivity index (χ4v) is 8.66. The molecule has 0 aliphatic carbocycles. The molecule has 5 saturated heterocycles. The number of nitrogens with zero attached hydrogens (tertiary/aromatic N) is 4. The number of carbonyl (C=O) groups is 9. The summed E-state index contributed by atoms with van der Waals surface area (Å²) in [6.07, 6.45) is 6.87. The fraction of sp³-hybridized carbons (Fsp3) is 0.757. The van der Waals surface area contributed by atoms with Crippen molar-refractivity contribution in [1.82, 2.24) is 46.2 Å². The zero-order chi connectivity index (χ0) is 41.1. The quantitative estimate of drug-likeness (QED) is 0.0715. The number of likely N-dealkylation sites (tertiary alicyclic amines) is 4. The Morgan fingerprint density at radius 3 is 1.72 bits per heavy atom. The van der Waals surface area contributed by atoms with E-state index >= 15 is 0 Å². The lowest BCUT2D eigenvalue weighted by Crippen LogP contribution is -2.56. The molecule has 0 radical (unpaired) electrons. The third kappa shape index (κ3) is 11.0. The van der Waals surface area contributed by atoms with Crippen LogP contribution in [0.1, 0.15) is 83.5 Å². The van der Waals surface area contributed by atoms with Gasteiger partial charge in [-0.15, -0.1) is 0 Å². The van der Waals surface area contributed by atoms with Crippen molar-refractivity contribution in [2.45, 2.75) is 120 Å². The van der Waals surface area contributed by atoms with Gasteiger partial charge in [-0.3, -0.25) is 43.2 Å². The Balaban J connectivity index is 1.11. The standard InChI is InChI=1S/C37H58N10O10/c38-14-2-1-8-24(36(56)46-18-5-11-26(46)34(54)42-22-31(50)51)43-29(48)20-40-32(52)27-12-6-19-47(27)37(57)28-13-7-16-44(28)30(49)21-41-33(53)25-10-4-17-45(25)35(55)23-9-3-15-39-23/h23-28,39H,1-22,38H2,(H,40,52)(H,41,53)(H,42,54)(H,43,48)(H,50,51)/t23-,24-,25-,26-,27-,28-/m0/s1. The van der Waals surface area contributed by atoms with Gasteiger partial charge < -0.3 is 57.0 Å². The summed E-state index contributed by atoms with van der Waals surface area (Å²) in [5, 5.41) is 22.4. The van der Waals surface area contributed by atoms with E-state index in [1.54, 1.807) is 4.90 Å². The SMILES string of the molecule is NCCCC[C@H](NC(=O)CNC(=O)[C@@H]1CCCN1C(=O)[C@@H]1CCCN1C(=O)CNC(=O)[C@@H]1CCCN1C(=O)[C@@H]1CCCN1)C(=O)N1CCC[C@H]1C(=O)NCC(=O)O. The van der Waals surface area contributed by atoms with Gasteiger partial charge in [-0.2, -0.15) is 0 Å². The van der Waals surface area contributed by atoms with E-state index in [0.717, 1.165) is 19.4 Å². The van der Waals surface area contributed by atoms with Crippen LogP contribution in [0.15, 0.2) is 0 Å². The van der Waals surface area contributed by atoms with E-state index in [-0.39, 0.29) is 43.9 Å².